The standard InChI is InChI=1S/C16H23N5O.HI/c1-12(11-22-3)19-16(17)18-9-14-10-21(20-13(14)2)15-7-5-4-6-8-15;/h4-8,10,12H,9,11H2,1-3H3,(H3,17,18,19);1H. The quantitative estimate of drug-likeness (QED) is 0.420. The summed E-state index contributed by atoms with van der Waals surface area (Å²) in [6, 6.07) is 10.1. The van der Waals surface area contributed by atoms with Gasteiger partial charge >= 0.3 is 0 Å². The Hall–Kier alpha value is -1.61. The van der Waals surface area contributed by atoms with E-state index in [0.717, 1.165) is 16.9 Å². The fourth-order valence-electron chi connectivity index (χ4n) is 2.12. The molecule has 1 atom stereocenters. The van der Waals surface area contributed by atoms with E-state index in [9.17, 15) is 0 Å². The van der Waals surface area contributed by atoms with Crippen LogP contribution >= 0.6 is 24.0 Å². The third-order valence-electron chi connectivity index (χ3n) is 3.25. The molecule has 3 N–H and O–H groups in total. The minimum absolute atomic E-state index is 0. The van der Waals surface area contributed by atoms with E-state index in [1.165, 1.54) is 0 Å². The Morgan fingerprint density at radius 3 is 2.74 bits per heavy atom. The summed E-state index contributed by atoms with van der Waals surface area (Å²) in [5.74, 6) is 0.413. The van der Waals surface area contributed by atoms with Crippen molar-refractivity contribution in [2.24, 2.45) is 10.7 Å². The van der Waals surface area contributed by atoms with E-state index in [1.807, 2.05) is 55.1 Å². The highest BCUT2D eigenvalue weighted by molar-refractivity contribution is 14.0. The molecule has 7 heteroatoms. The molecule has 1 heterocycles. The predicted molar refractivity (Wildman–Crippen MR) is 104 cm³/mol. The second-order valence-corrected chi connectivity index (χ2v) is 5.22. The van der Waals surface area contributed by atoms with Crippen molar-refractivity contribution >= 4 is 29.9 Å². The van der Waals surface area contributed by atoms with Crippen molar-refractivity contribution in [2.45, 2.75) is 26.4 Å². The molecular formula is C16H24IN5O. The maximum absolute atomic E-state index is 5.88. The summed E-state index contributed by atoms with van der Waals surface area (Å²) in [5, 5.41) is 7.60. The van der Waals surface area contributed by atoms with Gasteiger partial charge in [-0.2, -0.15) is 5.10 Å². The Morgan fingerprint density at radius 2 is 2.09 bits per heavy atom. The highest BCUT2D eigenvalue weighted by atomic mass is 127. The molecule has 0 aliphatic rings. The smallest absolute Gasteiger partial charge is 0.189 e. The zero-order valence-electron chi connectivity index (χ0n) is 13.7. The van der Waals surface area contributed by atoms with Crippen molar-refractivity contribution in [3.63, 3.8) is 0 Å². The number of hydrogen-bond donors (Lipinski definition) is 2. The van der Waals surface area contributed by atoms with Gasteiger partial charge in [-0.1, -0.05) is 18.2 Å². The number of rotatable bonds is 6. The van der Waals surface area contributed by atoms with Crippen LogP contribution in [0.15, 0.2) is 41.5 Å². The summed E-state index contributed by atoms with van der Waals surface area (Å²) in [4.78, 5) is 4.36. The first-order chi connectivity index (χ1) is 10.6. The van der Waals surface area contributed by atoms with E-state index in [4.69, 9.17) is 10.5 Å². The van der Waals surface area contributed by atoms with Crippen LogP contribution in [0.2, 0.25) is 0 Å². The van der Waals surface area contributed by atoms with Crippen LogP contribution in [-0.4, -0.2) is 35.5 Å². The molecule has 2 aromatic rings. The Labute approximate surface area is 154 Å². The van der Waals surface area contributed by atoms with Gasteiger partial charge in [0.2, 0.25) is 0 Å². The Kier molecular flexibility index (Phi) is 8.04. The molecule has 1 aromatic carbocycles. The predicted octanol–water partition coefficient (Wildman–Crippen LogP) is 2.24. The lowest BCUT2D eigenvalue weighted by atomic mass is 10.2. The van der Waals surface area contributed by atoms with Crippen molar-refractivity contribution in [1.82, 2.24) is 15.1 Å². The molecule has 2 rings (SSSR count). The third-order valence-corrected chi connectivity index (χ3v) is 3.25. The molecule has 0 spiro atoms. The minimum atomic E-state index is 0. The van der Waals surface area contributed by atoms with Crippen molar-refractivity contribution < 1.29 is 4.74 Å². The number of nitrogens with zero attached hydrogens (tertiary/aromatic N) is 3. The van der Waals surface area contributed by atoms with E-state index in [1.54, 1.807) is 7.11 Å². The van der Waals surface area contributed by atoms with E-state index in [-0.39, 0.29) is 30.0 Å². The number of benzene rings is 1. The molecule has 0 aliphatic heterocycles. The van der Waals surface area contributed by atoms with Gasteiger partial charge in [-0.05, 0) is 26.0 Å². The fourth-order valence-corrected chi connectivity index (χ4v) is 2.12. The first kappa shape index (κ1) is 19.4. The van der Waals surface area contributed by atoms with Gasteiger partial charge in [0.25, 0.3) is 0 Å². The summed E-state index contributed by atoms with van der Waals surface area (Å²) in [6.07, 6.45) is 1.99. The van der Waals surface area contributed by atoms with Crippen molar-refractivity contribution in [3.05, 3.63) is 47.8 Å². The van der Waals surface area contributed by atoms with Crippen LogP contribution in [0.5, 0.6) is 0 Å². The summed E-state index contributed by atoms with van der Waals surface area (Å²) in [6.45, 7) is 5.05. The number of guanidine groups is 1. The largest absolute Gasteiger partial charge is 0.383 e. The van der Waals surface area contributed by atoms with Crippen LogP contribution in [0.4, 0.5) is 0 Å². The van der Waals surface area contributed by atoms with Gasteiger partial charge in [0.1, 0.15) is 0 Å². The second kappa shape index (κ2) is 9.51. The maximum atomic E-state index is 5.88. The number of hydrogen-bond acceptors (Lipinski definition) is 3. The van der Waals surface area contributed by atoms with Crippen LogP contribution in [0, 0.1) is 6.92 Å². The first-order valence-corrected chi connectivity index (χ1v) is 7.26. The fraction of sp³-hybridized carbons (Fsp3) is 0.375. The number of nitrogens with two attached hydrogens (primary N) is 1. The zero-order chi connectivity index (χ0) is 15.9. The number of nitrogens with one attached hydrogen (secondary N) is 1. The highest BCUT2D eigenvalue weighted by Crippen LogP contribution is 2.12. The average molecular weight is 429 g/mol. The first-order valence-electron chi connectivity index (χ1n) is 7.26. The average Bonchev–Trinajstić information content (AvgIpc) is 2.87. The minimum Gasteiger partial charge on any atom is -0.383 e. The Balaban J connectivity index is 0.00000264. The maximum Gasteiger partial charge on any atom is 0.189 e. The van der Waals surface area contributed by atoms with E-state index in [2.05, 4.69) is 15.4 Å². The van der Waals surface area contributed by atoms with E-state index >= 15 is 0 Å². The summed E-state index contributed by atoms with van der Waals surface area (Å²) >= 11 is 0. The molecule has 23 heavy (non-hydrogen) atoms. The van der Waals surface area contributed by atoms with Crippen molar-refractivity contribution in [1.29, 1.82) is 0 Å². The SMILES string of the molecule is COCC(C)NC(N)=NCc1cn(-c2ccccc2)nc1C.I. The lowest BCUT2D eigenvalue weighted by Gasteiger charge is -2.12. The van der Waals surface area contributed by atoms with Crippen molar-refractivity contribution in [3.8, 4) is 5.69 Å². The second-order valence-electron chi connectivity index (χ2n) is 5.22. The number of aryl methyl sites for hydroxylation is 1. The Morgan fingerprint density at radius 1 is 1.39 bits per heavy atom. The Bertz CT molecular complexity index is 627. The molecule has 0 saturated carbocycles. The molecule has 126 valence electrons. The van der Waals surface area contributed by atoms with Gasteiger partial charge in [0.15, 0.2) is 5.96 Å². The van der Waals surface area contributed by atoms with Crippen LogP contribution in [0.1, 0.15) is 18.2 Å². The molecule has 6 nitrogen and oxygen atoms in total. The van der Waals surface area contributed by atoms with Crippen LogP contribution in [0.25, 0.3) is 5.69 Å². The van der Waals surface area contributed by atoms with Crippen LogP contribution in [0.3, 0.4) is 0 Å². The monoisotopic (exact) mass is 429 g/mol. The molecule has 1 aromatic heterocycles. The number of aromatic nitrogens is 2. The topological polar surface area (TPSA) is 77.5 Å². The zero-order valence-corrected chi connectivity index (χ0v) is 16.0. The number of aliphatic imine (C=N–C) groups is 1. The molecule has 1 unspecified atom stereocenters. The third kappa shape index (κ3) is 5.83. The van der Waals surface area contributed by atoms with Gasteiger partial charge < -0.3 is 15.8 Å². The summed E-state index contributed by atoms with van der Waals surface area (Å²) in [7, 11) is 1.66. The molecule has 0 amide bonds. The summed E-state index contributed by atoms with van der Waals surface area (Å²) < 4.78 is 6.91. The number of halogens is 1. The molecule has 0 radical (unpaired) electrons. The lowest BCUT2D eigenvalue weighted by Crippen LogP contribution is -2.40. The summed E-state index contributed by atoms with van der Waals surface area (Å²) in [5.41, 5.74) is 8.90. The molecular weight excluding hydrogens is 405 g/mol. The lowest BCUT2D eigenvalue weighted by molar-refractivity contribution is 0.179. The van der Waals surface area contributed by atoms with E-state index in [0.29, 0.717) is 19.1 Å². The van der Waals surface area contributed by atoms with Gasteiger partial charge in [-0.25, -0.2) is 9.67 Å². The molecule has 0 fully saturated rings. The van der Waals surface area contributed by atoms with Gasteiger partial charge in [0, 0.05) is 24.9 Å². The highest BCUT2D eigenvalue weighted by Gasteiger charge is 2.06. The molecule has 0 saturated heterocycles. The van der Waals surface area contributed by atoms with Gasteiger partial charge in [-0.3, -0.25) is 0 Å². The number of ether oxygens (including phenoxy) is 1. The number of methoxy groups -OCH3 is 1. The normalized spacial score (nSPS) is 12.6. The van der Waals surface area contributed by atoms with Crippen LogP contribution in [-0.2, 0) is 11.3 Å². The number of para-hydroxylation sites is 1. The van der Waals surface area contributed by atoms with E-state index < -0.39 is 0 Å². The van der Waals surface area contributed by atoms with Gasteiger partial charge in [0.05, 0.1) is 24.5 Å². The van der Waals surface area contributed by atoms with Crippen molar-refractivity contribution in [2.75, 3.05) is 13.7 Å². The van der Waals surface area contributed by atoms with Crippen LogP contribution < -0.4 is 11.1 Å². The van der Waals surface area contributed by atoms with Gasteiger partial charge in [-0.15, -0.1) is 24.0 Å². The molecule has 0 aliphatic carbocycles. The molecule has 0 bridgehead atoms.